The van der Waals surface area contributed by atoms with Gasteiger partial charge in [-0.3, -0.25) is 9.69 Å². The molecule has 16 heavy (non-hydrogen) atoms. The average molecular weight is 227 g/mol. The molecule has 2 atom stereocenters. The fourth-order valence-corrected chi connectivity index (χ4v) is 1.77. The van der Waals surface area contributed by atoms with Crippen LogP contribution in [-0.4, -0.2) is 60.9 Å². The second kappa shape index (κ2) is 6.43. The highest BCUT2D eigenvalue weighted by atomic mass is 16.5. The predicted octanol–water partition coefficient (Wildman–Crippen LogP) is -1.29. The van der Waals surface area contributed by atoms with Crippen LogP contribution in [-0.2, 0) is 9.53 Å². The quantitative estimate of drug-likeness (QED) is 0.583. The fraction of sp³-hybridized carbons (Fsp3) is 0.800. The van der Waals surface area contributed by atoms with Gasteiger partial charge in [0, 0.05) is 13.1 Å². The zero-order valence-corrected chi connectivity index (χ0v) is 9.35. The summed E-state index contributed by atoms with van der Waals surface area (Å²) in [6, 6.07) is 1.85. The number of aliphatic hydroxyl groups is 1. The number of amides is 1. The van der Waals surface area contributed by atoms with E-state index in [2.05, 4.69) is 5.32 Å². The Morgan fingerprint density at radius 2 is 2.44 bits per heavy atom. The van der Waals surface area contributed by atoms with E-state index in [1.807, 2.05) is 17.9 Å². The number of carbonyl (C=O) groups excluding carboxylic acids is 1. The van der Waals surface area contributed by atoms with Crippen LogP contribution in [0.5, 0.6) is 0 Å². The number of hydrogen-bond acceptors (Lipinski definition) is 5. The first kappa shape index (κ1) is 12.9. The maximum Gasteiger partial charge on any atom is 0.235 e. The predicted molar refractivity (Wildman–Crippen MR) is 56.5 cm³/mol. The van der Waals surface area contributed by atoms with E-state index in [-0.39, 0.29) is 37.8 Å². The molecule has 6 nitrogen and oxygen atoms in total. The molecule has 6 heteroatoms. The minimum Gasteiger partial charge on any atom is -0.394 e. The van der Waals surface area contributed by atoms with E-state index in [4.69, 9.17) is 15.1 Å². The molecule has 1 saturated heterocycles. The Labute approximate surface area is 94.8 Å². The smallest absolute Gasteiger partial charge is 0.235 e. The first-order valence-electron chi connectivity index (χ1n) is 5.28. The van der Waals surface area contributed by atoms with Crippen LogP contribution in [0.15, 0.2) is 0 Å². The third-order valence-electron chi connectivity index (χ3n) is 2.34. The number of carbonyl (C=O) groups is 1. The summed E-state index contributed by atoms with van der Waals surface area (Å²) in [5.74, 6) is -0.174. The molecule has 0 radical (unpaired) electrons. The third kappa shape index (κ3) is 4.14. The van der Waals surface area contributed by atoms with Crippen molar-refractivity contribution in [3.63, 3.8) is 0 Å². The van der Waals surface area contributed by atoms with Gasteiger partial charge < -0.3 is 15.2 Å². The molecule has 1 aliphatic rings. The molecular formula is C10H17N3O3. The second-order valence-electron chi connectivity index (χ2n) is 3.88. The van der Waals surface area contributed by atoms with Gasteiger partial charge in [-0.1, -0.05) is 0 Å². The lowest BCUT2D eigenvalue weighted by Crippen LogP contribution is -2.50. The summed E-state index contributed by atoms with van der Waals surface area (Å²) in [5.41, 5.74) is 0. The van der Waals surface area contributed by atoms with E-state index in [0.717, 1.165) is 0 Å². The zero-order chi connectivity index (χ0) is 12.0. The second-order valence-corrected chi connectivity index (χ2v) is 3.88. The number of morpholine rings is 1. The monoisotopic (exact) mass is 227 g/mol. The van der Waals surface area contributed by atoms with Crippen LogP contribution >= 0.6 is 0 Å². The first-order valence-corrected chi connectivity index (χ1v) is 5.28. The van der Waals surface area contributed by atoms with Gasteiger partial charge in [0.1, 0.15) is 6.54 Å². The Kier molecular flexibility index (Phi) is 5.19. The van der Waals surface area contributed by atoms with Gasteiger partial charge >= 0.3 is 0 Å². The molecule has 2 N–H and O–H groups in total. The van der Waals surface area contributed by atoms with Crippen LogP contribution in [0.3, 0.4) is 0 Å². The minimum absolute atomic E-state index is 0.00895. The lowest BCUT2D eigenvalue weighted by Gasteiger charge is -2.35. The van der Waals surface area contributed by atoms with Gasteiger partial charge in [-0.15, -0.1) is 0 Å². The molecule has 90 valence electrons. The lowest BCUT2D eigenvalue weighted by molar-refractivity contribution is -0.128. The summed E-state index contributed by atoms with van der Waals surface area (Å²) in [6.07, 6.45) is -0.220. The Balaban J connectivity index is 2.35. The Morgan fingerprint density at radius 3 is 3.06 bits per heavy atom. The summed E-state index contributed by atoms with van der Waals surface area (Å²) in [5, 5.41) is 19.8. The number of aliphatic hydroxyl groups excluding tert-OH is 1. The van der Waals surface area contributed by atoms with Gasteiger partial charge in [0.05, 0.1) is 31.4 Å². The molecule has 1 aliphatic heterocycles. The number of ether oxygens (including phenoxy) is 1. The number of nitrogens with zero attached hydrogens (tertiary/aromatic N) is 2. The number of hydrogen-bond donors (Lipinski definition) is 2. The highest BCUT2D eigenvalue weighted by Gasteiger charge is 2.25. The van der Waals surface area contributed by atoms with Crippen molar-refractivity contribution in [3.8, 4) is 6.07 Å². The maximum absolute atomic E-state index is 11.4. The van der Waals surface area contributed by atoms with E-state index in [0.29, 0.717) is 13.1 Å². The minimum atomic E-state index is -0.229. The Bertz CT molecular complexity index is 277. The molecule has 1 amide bonds. The molecular weight excluding hydrogens is 210 g/mol. The summed E-state index contributed by atoms with van der Waals surface area (Å²) >= 11 is 0. The summed E-state index contributed by atoms with van der Waals surface area (Å²) in [4.78, 5) is 13.3. The van der Waals surface area contributed by atoms with Gasteiger partial charge in [0.2, 0.25) is 5.91 Å². The topological polar surface area (TPSA) is 85.6 Å². The molecule has 0 bridgehead atoms. The molecule has 1 heterocycles. The molecule has 0 aromatic heterocycles. The molecule has 1 fully saturated rings. The highest BCUT2D eigenvalue weighted by Crippen LogP contribution is 2.09. The van der Waals surface area contributed by atoms with Gasteiger partial charge in [-0.05, 0) is 6.92 Å². The van der Waals surface area contributed by atoms with Gasteiger partial charge in [-0.25, -0.2) is 0 Å². The number of rotatable bonds is 4. The normalized spacial score (nSPS) is 26.1. The number of nitriles is 1. The van der Waals surface area contributed by atoms with Crippen LogP contribution in [0.4, 0.5) is 0 Å². The van der Waals surface area contributed by atoms with Crippen LogP contribution in [0.25, 0.3) is 0 Å². The lowest BCUT2D eigenvalue weighted by atomic mass is 10.2. The first-order chi connectivity index (χ1) is 7.65. The van der Waals surface area contributed by atoms with E-state index >= 15 is 0 Å². The number of nitrogens with one attached hydrogen (secondary N) is 1. The fourth-order valence-electron chi connectivity index (χ4n) is 1.77. The van der Waals surface area contributed by atoms with Crippen molar-refractivity contribution < 1.29 is 14.6 Å². The van der Waals surface area contributed by atoms with Crippen LogP contribution in [0.2, 0.25) is 0 Å². The molecule has 2 unspecified atom stereocenters. The average Bonchev–Trinajstić information content (AvgIpc) is 2.25. The van der Waals surface area contributed by atoms with Gasteiger partial charge in [0.15, 0.2) is 0 Å². The molecule has 0 spiro atoms. The molecule has 0 aliphatic carbocycles. The van der Waals surface area contributed by atoms with Crippen molar-refractivity contribution in [2.45, 2.75) is 19.1 Å². The summed E-state index contributed by atoms with van der Waals surface area (Å²) < 4.78 is 5.45. The van der Waals surface area contributed by atoms with Crippen molar-refractivity contribution in [3.05, 3.63) is 0 Å². The maximum atomic E-state index is 11.4. The van der Waals surface area contributed by atoms with Crippen LogP contribution in [0, 0.1) is 11.3 Å². The zero-order valence-electron chi connectivity index (χ0n) is 9.35. The van der Waals surface area contributed by atoms with E-state index in [9.17, 15) is 4.79 Å². The van der Waals surface area contributed by atoms with E-state index in [1.54, 1.807) is 0 Å². The van der Waals surface area contributed by atoms with Crippen molar-refractivity contribution in [1.29, 1.82) is 5.26 Å². The molecule has 1 rings (SSSR count). The van der Waals surface area contributed by atoms with E-state index < -0.39 is 0 Å². The third-order valence-corrected chi connectivity index (χ3v) is 2.34. The summed E-state index contributed by atoms with van der Waals surface area (Å²) in [6.45, 7) is 3.34. The highest BCUT2D eigenvalue weighted by molar-refractivity contribution is 5.78. The van der Waals surface area contributed by atoms with Crippen molar-refractivity contribution in [2.24, 2.45) is 0 Å². The van der Waals surface area contributed by atoms with Gasteiger partial charge in [-0.2, -0.15) is 5.26 Å². The Hall–Kier alpha value is -1.16. The van der Waals surface area contributed by atoms with Gasteiger partial charge in [0.25, 0.3) is 0 Å². The summed E-state index contributed by atoms with van der Waals surface area (Å²) in [7, 11) is 0. The molecule has 0 aromatic carbocycles. The van der Waals surface area contributed by atoms with E-state index in [1.165, 1.54) is 0 Å². The molecule has 0 aromatic rings. The standard InChI is InChI=1S/C10H17N3O3/c1-8-4-13(5-9(7-14)16-8)6-10(15)12-3-2-11/h8-9,14H,3-7H2,1H3,(H,12,15). The van der Waals surface area contributed by atoms with Crippen molar-refractivity contribution >= 4 is 5.91 Å². The van der Waals surface area contributed by atoms with Crippen molar-refractivity contribution in [2.75, 3.05) is 32.8 Å². The Morgan fingerprint density at radius 1 is 1.69 bits per heavy atom. The van der Waals surface area contributed by atoms with Crippen molar-refractivity contribution in [1.82, 2.24) is 10.2 Å². The molecule has 0 saturated carbocycles. The van der Waals surface area contributed by atoms with Crippen LogP contribution in [0.1, 0.15) is 6.92 Å². The van der Waals surface area contributed by atoms with Crippen LogP contribution < -0.4 is 5.32 Å². The SMILES string of the molecule is CC1CN(CC(=O)NCC#N)CC(CO)O1. The largest absolute Gasteiger partial charge is 0.394 e.